The average molecular weight is 1630 g/mol. The van der Waals surface area contributed by atoms with Crippen LogP contribution >= 0.6 is 15.6 Å². The maximum absolute atomic E-state index is 13.2. The van der Waals surface area contributed by atoms with E-state index in [-0.39, 0.29) is 25.7 Å². The van der Waals surface area contributed by atoms with Crippen molar-refractivity contribution in [2.24, 2.45) is 11.8 Å². The summed E-state index contributed by atoms with van der Waals surface area (Å²) < 4.78 is 69.1. The number of esters is 4. The fourth-order valence-corrected chi connectivity index (χ4v) is 16.2. The number of aliphatic hydroxyl groups is 1. The van der Waals surface area contributed by atoms with Crippen molar-refractivity contribution in [2.75, 3.05) is 39.6 Å². The average Bonchev–Trinajstić information content (AvgIpc) is 0.897. The minimum Gasteiger partial charge on any atom is -0.462 e. The van der Waals surface area contributed by atoms with Gasteiger partial charge in [-0.05, 0) is 37.5 Å². The van der Waals surface area contributed by atoms with E-state index in [2.05, 4.69) is 41.5 Å². The minimum atomic E-state index is -4.97. The van der Waals surface area contributed by atoms with Gasteiger partial charge in [-0.1, -0.05) is 452 Å². The quantitative estimate of drug-likeness (QED) is 0.0222. The van der Waals surface area contributed by atoms with Crippen molar-refractivity contribution < 1.29 is 80.2 Å². The number of phosphoric acid groups is 2. The third-order valence-corrected chi connectivity index (χ3v) is 23.9. The number of rotatable bonds is 92. The predicted molar refractivity (Wildman–Crippen MR) is 465 cm³/mol. The summed E-state index contributed by atoms with van der Waals surface area (Å²) in [6, 6.07) is 0. The molecule has 2 unspecified atom stereocenters. The molecule has 0 aliphatic heterocycles. The van der Waals surface area contributed by atoms with Gasteiger partial charge < -0.3 is 33.8 Å². The molecule has 0 bridgehead atoms. The smallest absolute Gasteiger partial charge is 0.462 e. The van der Waals surface area contributed by atoms with Crippen molar-refractivity contribution in [3.05, 3.63) is 0 Å². The van der Waals surface area contributed by atoms with Gasteiger partial charge in [-0.2, -0.15) is 0 Å². The molecule has 0 aromatic carbocycles. The zero-order chi connectivity index (χ0) is 82.0. The third-order valence-electron chi connectivity index (χ3n) is 22.0. The predicted octanol–water partition coefficient (Wildman–Crippen LogP) is 29.0. The Hall–Kier alpha value is -1.94. The highest BCUT2D eigenvalue weighted by molar-refractivity contribution is 7.47. The Morgan fingerprint density at radius 3 is 0.607 bits per heavy atom. The maximum atomic E-state index is 13.2. The molecule has 0 amide bonds. The number of carbonyl (C=O) groups is 4. The first kappa shape index (κ1) is 110. The van der Waals surface area contributed by atoms with Crippen LogP contribution in [-0.2, 0) is 65.4 Å². The van der Waals surface area contributed by atoms with Gasteiger partial charge in [-0.25, -0.2) is 9.13 Å². The summed E-state index contributed by atoms with van der Waals surface area (Å²) in [6.07, 6.45) is 79.5. The lowest BCUT2D eigenvalue weighted by atomic mass is 10.0. The Morgan fingerprint density at radius 1 is 0.241 bits per heavy atom. The Morgan fingerprint density at radius 2 is 0.411 bits per heavy atom. The molecule has 3 N–H and O–H groups in total. The van der Waals surface area contributed by atoms with E-state index in [4.69, 9.17) is 37.0 Å². The number of aliphatic hydroxyl groups excluding tert-OH is 1. The van der Waals surface area contributed by atoms with E-state index in [9.17, 15) is 43.2 Å². The number of carbonyl (C=O) groups excluding carboxylic acids is 4. The van der Waals surface area contributed by atoms with E-state index < -0.39 is 97.5 Å². The summed E-state index contributed by atoms with van der Waals surface area (Å²) in [4.78, 5) is 73.4. The van der Waals surface area contributed by atoms with Crippen molar-refractivity contribution >= 4 is 39.5 Å². The van der Waals surface area contributed by atoms with Crippen LogP contribution in [0.4, 0.5) is 0 Å². The van der Waals surface area contributed by atoms with E-state index >= 15 is 0 Å². The molecule has 0 aliphatic carbocycles. The van der Waals surface area contributed by atoms with E-state index in [1.807, 2.05) is 0 Å². The van der Waals surface area contributed by atoms with Crippen LogP contribution < -0.4 is 0 Å². The molecule has 0 saturated carbocycles. The van der Waals surface area contributed by atoms with Gasteiger partial charge in [-0.15, -0.1) is 0 Å². The van der Waals surface area contributed by atoms with Crippen molar-refractivity contribution in [3.8, 4) is 0 Å². The minimum absolute atomic E-state index is 0.108. The molecule has 666 valence electrons. The molecule has 17 nitrogen and oxygen atoms in total. The molecule has 5 atom stereocenters. The molecule has 0 rings (SSSR count). The molecular weight excluding hydrogens is 1450 g/mol. The van der Waals surface area contributed by atoms with Gasteiger partial charge in [0.2, 0.25) is 0 Å². The van der Waals surface area contributed by atoms with E-state index in [0.717, 1.165) is 102 Å². The van der Waals surface area contributed by atoms with Gasteiger partial charge in [0.25, 0.3) is 0 Å². The highest BCUT2D eigenvalue weighted by Gasteiger charge is 2.31. The number of hydrogen-bond donors (Lipinski definition) is 3. The Kier molecular flexibility index (Phi) is 82.6. The summed E-state index contributed by atoms with van der Waals surface area (Å²) in [5, 5.41) is 10.7. The number of unbranched alkanes of at least 4 members (excludes halogenated alkanes) is 62. The summed E-state index contributed by atoms with van der Waals surface area (Å²) in [6.45, 7) is 9.69. The molecule has 19 heteroatoms. The van der Waals surface area contributed by atoms with Crippen LogP contribution in [0.25, 0.3) is 0 Å². The third kappa shape index (κ3) is 85.9. The highest BCUT2D eigenvalue weighted by atomic mass is 31.2. The normalized spacial score (nSPS) is 13.7. The lowest BCUT2D eigenvalue weighted by Gasteiger charge is -2.21. The molecule has 0 aromatic rings. The Balaban J connectivity index is 5.21. The summed E-state index contributed by atoms with van der Waals surface area (Å²) in [5.74, 6) is -0.571. The van der Waals surface area contributed by atoms with Gasteiger partial charge in [0.05, 0.1) is 26.4 Å². The lowest BCUT2D eigenvalue weighted by Crippen LogP contribution is -2.30. The molecule has 0 fully saturated rings. The van der Waals surface area contributed by atoms with Crippen molar-refractivity contribution in [1.29, 1.82) is 0 Å². The SMILES string of the molecule is CCCCCCCCCCCCCCCCCCCCCCCC(=O)OC[C@H](COP(=O)(O)OC[C@@H](O)COP(=O)(O)OC[C@@H](COC(=O)CCCCCCCCCC(C)C)OC(=O)CCCCCCCCCCCCCCCCCCCCCC)OC(=O)CCCCCCCCCCCCCCCCCCCCC(C)C. The van der Waals surface area contributed by atoms with Gasteiger partial charge in [0.15, 0.2) is 12.2 Å². The van der Waals surface area contributed by atoms with E-state index in [1.54, 1.807) is 0 Å². The van der Waals surface area contributed by atoms with Crippen LogP contribution in [-0.4, -0.2) is 96.7 Å². The molecule has 0 spiro atoms. The first-order valence-electron chi connectivity index (χ1n) is 48.0. The Bertz CT molecular complexity index is 2130. The van der Waals surface area contributed by atoms with Crippen molar-refractivity contribution in [1.82, 2.24) is 0 Å². The monoisotopic (exact) mass is 1630 g/mol. The maximum Gasteiger partial charge on any atom is 0.472 e. The second kappa shape index (κ2) is 84.1. The highest BCUT2D eigenvalue weighted by Crippen LogP contribution is 2.45. The zero-order valence-corrected chi connectivity index (χ0v) is 75.8. The van der Waals surface area contributed by atoms with Crippen LogP contribution in [0.1, 0.15) is 504 Å². The fraction of sp³-hybridized carbons (Fsp3) is 0.957. The summed E-state index contributed by atoms with van der Waals surface area (Å²) in [7, 11) is -9.94. The molecule has 112 heavy (non-hydrogen) atoms. The number of phosphoric ester groups is 2. The van der Waals surface area contributed by atoms with Crippen molar-refractivity contribution in [2.45, 2.75) is 522 Å². The van der Waals surface area contributed by atoms with Crippen LogP contribution in [0.5, 0.6) is 0 Å². The molecule has 0 aromatic heterocycles. The van der Waals surface area contributed by atoms with E-state index in [1.165, 1.54) is 315 Å². The van der Waals surface area contributed by atoms with Crippen LogP contribution in [0, 0.1) is 11.8 Å². The van der Waals surface area contributed by atoms with Gasteiger partial charge in [0, 0.05) is 25.7 Å². The Labute approximate surface area is 689 Å². The topological polar surface area (TPSA) is 237 Å². The molecule has 0 heterocycles. The molecular formula is C93H182O17P2. The van der Waals surface area contributed by atoms with Crippen LogP contribution in [0.15, 0.2) is 0 Å². The molecule has 0 saturated heterocycles. The number of hydrogen-bond acceptors (Lipinski definition) is 15. The first-order valence-corrected chi connectivity index (χ1v) is 51.0. The van der Waals surface area contributed by atoms with Crippen molar-refractivity contribution in [3.63, 3.8) is 0 Å². The first-order chi connectivity index (χ1) is 54.4. The van der Waals surface area contributed by atoms with Gasteiger partial charge in [-0.3, -0.25) is 37.3 Å². The largest absolute Gasteiger partial charge is 0.472 e. The van der Waals surface area contributed by atoms with Gasteiger partial charge >= 0.3 is 39.5 Å². The van der Waals surface area contributed by atoms with E-state index in [0.29, 0.717) is 31.6 Å². The zero-order valence-electron chi connectivity index (χ0n) is 74.0. The number of ether oxygens (including phenoxy) is 4. The second-order valence-corrected chi connectivity index (χ2v) is 37.3. The molecule has 0 radical (unpaired) electrons. The van der Waals surface area contributed by atoms with Gasteiger partial charge in [0.1, 0.15) is 19.3 Å². The summed E-state index contributed by atoms with van der Waals surface area (Å²) >= 11 is 0. The molecule has 0 aliphatic rings. The second-order valence-electron chi connectivity index (χ2n) is 34.4. The summed E-state index contributed by atoms with van der Waals surface area (Å²) in [5.41, 5.74) is 0. The lowest BCUT2D eigenvalue weighted by molar-refractivity contribution is -0.161. The van der Waals surface area contributed by atoms with Crippen LogP contribution in [0.3, 0.4) is 0 Å². The van der Waals surface area contributed by atoms with Crippen LogP contribution in [0.2, 0.25) is 0 Å². The fourth-order valence-electron chi connectivity index (χ4n) is 14.7. The standard InChI is InChI=1S/C93H182O17P2/c1-7-9-11-13-15-17-19-21-23-25-27-29-31-35-39-43-47-51-57-63-69-75-90(95)103-81-88(109-92(97)77-71-66-59-53-49-45-41-37-33-32-34-38-42-46-50-55-61-67-73-85(3)4)83-107-111(99,100)105-79-87(94)80-106-112(101,102)108-84-89(82-104-91(96)76-70-64-60-54-56-62-68-74-86(5)6)110-93(98)78-72-65-58-52-48-44-40-36-30-28-26-24-22-20-18-16-14-12-10-8-2/h85-89,94H,7-84H2,1-6H3,(H,99,100)(H,101,102)/t87-,88-,89-/m1/s1.